The van der Waals surface area contributed by atoms with Gasteiger partial charge in [-0.1, -0.05) is 19.3 Å². The Bertz CT molecular complexity index is 960. The van der Waals surface area contributed by atoms with Crippen molar-refractivity contribution in [3.63, 3.8) is 0 Å². The lowest BCUT2D eigenvalue weighted by atomic mass is 9.80. The van der Waals surface area contributed by atoms with E-state index in [1.165, 1.54) is 6.42 Å². The predicted molar refractivity (Wildman–Crippen MR) is 174 cm³/mol. The van der Waals surface area contributed by atoms with Crippen LogP contribution in [-0.2, 0) is 33.8 Å². The van der Waals surface area contributed by atoms with Crippen LogP contribution in [0.3, 0.4) is 0 Å². The Morgan fingerprint density at radius 3 is 1.91 bits per heavy atom. The molecule has 0 aromatic rings. The van der Waals surface area contributed by atoms with Crippen LogP contribution in [0.4, 0.5) is 9.59 Å². The molecule has 0 heterocycles. The molecule has 0 radical (unpaired) electrons. The largest absolute Gasteiger partial charge is 0.444 e. The number of alkyl carbamates (subject to hydrolysis) is 2. The van der Waals surface area contributed by atoms with Crippen molar-refractivity contribution in [2.45, 2.75) is 174 Å². The molecule has 3 aliphatic rings. The van der Waals surface area contributed by atoms with Gasteiger partial charge in [0.05, 0.1) is 19.3 Å². The van der Waals surface area contributed by atoms with E-state index in [9.17, 15) is 14.4 Å². The van der Waals surface area contributed by atoms with E-state index in [2.05, 4.69) is 10.6 Å². The molecule has 3 unspecified atom stereocenters. The summed E-state index contributed by atoms with van der Waals surface area (Å²) in [5.41, 5.74) is -2.12. The van der Waals surface area contributed by atoms with Crippen molar-refractivity contribution >= 4 is 18.0 Å². The van der Waals surface area contributed by atoms with Crippen LogP contribution >= 0.6 is 0 Å². The van der Waals surface area contributed by atoms with Crippen LogP contribution < -0.4 is 10.6 Å². The predicted octanol–water partition coefficient (Wildman–Crippen LogP) is 7.35. The maximum absolute atomic E-state index is 12.9. The first-order chi connectivity index (χ1) is 21.5. The van der Waals surface area contributed by atoms with Gasteiger partial charge in [0.1, 0.15) is 11.2 Å². The van der Waals surface area contributed by atoms with Crippen molar-refractivity contribution in [3.05, 3.63) is 0 Å². The number of nitrogens with one attached hydrogen (secondary N) is 2. The number of ketones is 1. The molecule has 0 spiro atoms. The zero-order valence-electron chi connectivity index (χ0n) is 29.7. The highest BCUT2D eigenvalue weighted by Gasteiger charge is 2.37. The summed E-state index contributed by atoms with van der Waals surface area (Å²) < 4.78 is 10.9. The highest BCUT2D eigenvalue weighted by Crippen LogP contribution is 2.32. The van der Waals surface area contributed by atoms with Gasteiger partial charge in [0.15, 0.2) is 11.4 Å². The number of ether oxygens (including phenoxy) is 2. The molecule has 2 amide bonds. The van der Waals surface area contributed by atoms with E-state index in [4.69, 9.17) is 29.0 Å². The number of hydrogen-bond donors (Lipinski definition) is 2. The maximum atomic E-state index is 12.9. The smallest absolute Gasteiger partial charge is 0.407 e. The Kier molecular flexibility index (Phi) is 14.6. The highest BCUT2D eigenvalue weighted by molar-refractivity contribution is 5.88. The first-order valence-corrected chi connectivity index (χ1v) is 17.6. The quantitative estimate of drug-likeness (QED) is 0.119. The van der Waals surface area contributed by atoms with Crippen LogP contribution in [0.25, 0.3) is 0 Å². The summed E-state index contributed by atoms with van der Waals surface area (Å²) in [4.78, 5) is 60.6. The summed E-state index contributed by atoms with van der Waals surface area (Å²) in [5, 5.41) is 5.99. The lowest BCUT2D eigenvalue weighted by Crippen LogP contribution is -2.51. The van der Waals surface area contributed by atoms with E-state index >= 15 is 0 Å². The fraction of sp³-hybridized carbons (Fsp3) is 0.914. The number of rotatable bonds is 13. The summed E-state index contributed by atoms with van der Waals surface area (Å²) in [6, 6.07) is -0.302. The number of Topliss-reactive ketones (excluding diaryl/α,β-unsaturated/α-hetero) is 1. The van der Waals surface area contributed by atoms with E-state index in [-0.39, 0.29) is 35.8 Å². The van der Waals surface area contributed by atoms with Crippen molar-refractivity contribution in [3.8, 4) is 0 Å². The molecule has 3 fully saturated rings. The molecule has 3 saturated carbocycles. The van der Waals surface area contributed by atoms with Crippen LogP contribution in [0, 0.1) is 17.8 Å². The molecule has 0 bridgehead atoms. The first-order valence-electron chi connectivity index (χ1n) is 17.6. The number of hydrogen-bond acceptors (Lipinski definition) is 9. The van der Waals surface area contributed by atoms with Crippen molar-refractivity contribution in [2.24, 2.45) is 17.8 Å². The van der Waals surface area contributed by atoms with Gasteiger partial charge in [-0.15, -0.1) is 0 Å². The zero-order chi connectivity index (χ0) is 34.0. The average Bonchev–Trinajstić information content (AvgIpc) is 2.95. The Labute approximate surface area is 276 Å². The number of carbonyl (C=O) groups is 3. The van der Waals surface area contributed by atoms with Crippen LogP contribution in [-0.4, -0.2) is 66.2 Å². The average molecular weight is 655 g/mol. The Balaban J connectivity index is 1.36. The number of carbonyl (C=O) groups excluding carboxylic acids is 3. The van der Waals surface area contributed by atoms with E-state index in [0.29, 0.717) is 32.0 Å². The van der Waals surface area contributed by atoms with Gasteiger partial charge >= 0.3 is 12.2 Å². The SMILES string of the molecule is CC(C)(C)OC(=O)NC1CCC(CCOOC2CCC(COOC(C)(C)C(=O)C3CCCCC3)CC2)C(NC(=O)OC(C)(C)C)C1. The molecule has 0 aromatic carbocycles. The zero-order valence-corrected chi connectivity index (χ0v) is 29.7. The summed E-state index contributed by atoms with van der Waals surface area (Å²) in [5.74, 6) is 0.738. The van der Waals surface area contributed by atoms with E-state index in [0.717, 1.165) is 64.2 Å². The lowest BCUT2D eigenvalue weighted by Gasteiger charge is -2.37. The second-order valence-electron chi connectivity index (χ2n) is 16.1. The van der Waals surface area contributed by atoms with Crippen LogP contribution in [0.15, 0.2) is 0 Å². The minimum Gasteiger partial charge on any atom is -0.444 e. The molecule has 0 aliphatic heterocycles. The van der Waals surface area contributed by atoms with Gasteiger partial charge in [-0.05, 0) is 131 Å². The van der Waals surface area contributed by atoms with Gasteiger partial charge in [-0.3, -0.25) is 4.79 Å². The molecule has 0 aromatic heterocycles. The third-order valence-electron chi connectivity index (χ3n) is 9.13. The van der Waals surface area contributed by atoms with Gasteiger partial charge in [0.2, 0.25) is 0 Å². The second-order valence-corrected chi connectivity index (χ2v) is 16.1. The molecule has 266 valence electrons. The molecular weight excluding hydrogens is 592 g/mol. The van der Waals surface area contributed by atoms with Crippen LogP contribution in [0.5, 0.6) is 0 Å². The summed E-state index contributed by atoms with van der Waals surface area (Å²) in [6.45, 7) is 15.5. The normalized spacial score (nSPS) is 26.7. The topological polar surface area (TPSA) is 131 Å². The molecule has 3 atom stereocenters. The van der Waals surface area contributed by atoms with E-state index in [1.54, 1.807) is 0 Å². The fourth-order valence-electron chi connectivity index (χ4n) is 6.73. The number of amides is 2. The highest BCUT2D eigenvalue weighted by atomic mass is 17.2. The Morgan fingerprint density at radius 1 is 0.696 bits per heavy atom. The monoisotopic (exact) mass is 654 g/mol. The maximum Gasteiger partial charge on any atom is 0.407 e. The van der Waals surface area contributed by atoms with Gasteiger partial charge in [-0.25, -0.2) is 29.1 Å². The van der Waals surface area contributed by atoms with E-state index in [1.807, 2.05) is 55.4 Å². The van der Waals surface area contributed by atoms with Crippen LogP contribution in [0.1, 0.15) is 139 Å². The van der Waals surface area contributed by atoms with Crippen molar-refractivity contribution in [1.29, 1.82) is 0 Å². The standard InChI is InChI=1S/C35H62N2O9/c1-33(2,3)43-31(39)36-27-17-16-25(29(22-27)37-32(40)44-34(4,5)6)20-21-41-45-28-18-14-24(15-19-28)23-42-46-35(7,8)30(38)26-12-10-9-11-13-26/h24-29H,9-23H2,1-8H3,(H,36,39)(H,37,40). The molecule has 2 N–H and O–H groups in total. The van der Waals surface area contributed by atoms with Crippen LogP contribution in [0.2, 0.25) is 0 Å². The molecular formula is C35H62N2O9. The van der Waals surface area contributed by atoms with Gasteiger partial charge in [0, 0.05) is 18.0 Å². The summed E-state index contributed by atoms with van der Waals surface area (Å²) >= 11 is 0. The van der Waals surface area contributed by atoms with Crippen molar-refractivity contribution < 1.29 is 43.4 Å². The summed E-state index contributed by atoms with van der Waals surface area (Å²) in [6.07, 6.45) is 10.9. The molecule has 46 heavy (non-hydrogen) atoms. The summed E-state index contributed by atoms with van der Waals surface area (Å²) in [7, 11) is 0. The van der Waals surface area contributed by atoms with Gasteiger partial charge in [0.25, 0.3) is 0 Å². The fourth-order valence-corrected chi connectivity index (χ4v) is 6.73. The molecule has 3 aliphatic carbocycles. The Hall–Kier alpha value is -1.95. The van der Waals surface area contributed by atoms with Gasteiger partial charge < -0.3 is 20.1 Å². The minimum absolute atomic E-state index is 0.0194. The third kappa shape index (κ3) is 14.0. The van der Waals surface area contributed by atoms with Crippen molar-refractivity contribution in [1.82, 2.24) is 10.6 Å². The third-order valence-corrected chi connectivity index (χ3v) is 9.13. The molecule has 11 nitrogen and oxygen atoms in total. The molecule has 0 saturated heterocycles. The van der Waals surface area contributed by atoms with Gasteiger partial charge in [-0.2, -0.15) is 0 Å². The molecule has 3 rings (SSSR count). The van der Waals surface area contributed by atoms with E-state index < -0.39 is 29.0 Å². The first kappa shape index (κ1) is 38.5. The lowest BCUT2D eigenvalue weighted by molar-refractivity contribution is -0.352. The molecule has 11 heteroatoms. The van der Waals surface area contributed by atoms with Crippen molar-refractivity contribution in [2.75, 3.05) is 13.2 Å². The second kappa shape index (κ2) is 17.4. The minimum atomic E-state index is -0.925. The Morgan fingerprint density at radius 2 is 1.30 bits per heavy atom.